The Balaban J connectivity index is 2.25. The first-order valence-electron chi connectivity index (χ1n) is 6.06. The third kappa shape index (κ3) is 3.25. The highest BCUT2D eigenvalue weighted by Gasteiger charge is 2.29. The maximum Gasteiger partial charge on any atom is 0.243 e. The van der Waals surface area contributed by atoms with Crippen LogP contribution in [0.1, 0.15) is 25.7 Å². The average molecular weight is 308 g/mol. The summed E-state index contributed by atoms with van der Waals surface area (Å²) >= 11 is 5.57. The standard InChI is InChI=1S/C12H15ClFNO3S/c13-8-4-3-7-11(12(8)14)19(17,18)15-9-5-1-2-6-10(9)16/h3-4,7,9-10,15-16H,1-2,5-6H2/t9-,10-/m0/s1. The zero-order valence-electron chi connectivity index (χ0n) is 10.1. The molecule has 0 radical (unpaired) electrons. The van der Waals surface area contributed by atoms with Crippen LogP contribution in [0.15, 0.2) is 23.1 Å². The Morgan fingerprint density at radius 3 is 2.68 bits per heavy atom. The Morgan fingerprint density at radius 1 is 1.32 bits per heavy atom. The first kappa shape index (κ1) is 14.7. The van der Waals surface area contributed by atoms with Crippen molar-refractivity contribution in [2.75, 3.05) is 0 Å². The highest BCUT2D eigenvalue weighted by Crippen LogP contribution is 2.24. The van der Waals surface area contributed by atoms with Crippen LogP contribution in [0.2, 0.25) is 5.02 Å². The molecule has 0 unspecified atom stereocenters. The molecule has 2 atom stereocenters. The van der Waals surface area contributed by atoms with Crippen LogP contribution in [0, 0.1) is 5.82 Å². The number of nitrogens with one attached hydrogen (secondary N) is 1. The van der Waals surface area contributed by atoms with Crippen LogP contribution >= 0.6 is 11.6 Å². The van der Waals surface area contributed by atoms with E-state index in [9.17, 15) is 17.9 Å². The number of halogens is 2. The number of aliphatic hydroxyl groups is 1. The van der Waals surface area contributed by atoms with Crippen molar-refractivity contribution in [3.63, 3.8) is 0 Å². The van der Waals surface area contributed by atoms with E-state index in [1.54, 1.807) is 0 Å². The lowest BCUT2D eigenvalue weighted by Crippen LogP contribution is -2.45. The molecule has 0 saturated heterocycles. The minimum Gasteiger partial charge on any atom is -0.391 e. The molecule has 1 fully saturated rings. The highest BCUT2D eigenvalue weighted by molar-refractivity contribution is 7.89. The van der Waals surface area contributed by atoms with Gasteiger partial charge in [0.25, 0.3) is 0 Å². The van der Waals surface area contributed by atoms with E-state index in [1.807, 2.05) is 0 Å². The highest BCUT2D eigenvalue weighted by atomic mass is 35.5. The molecule has 0 aliphatic heterocycles. The van der Waals surface area contributed by atoms with Gasteiger partial charge in [0.2, 0.25) is 10.0 Å². The third-order valence-corrected chi connectivity index (χ3v) is 5.04. The van der Waals surface area contributed by atoms with Gasteiger partial charge < -0.3 is 5.11 Å². The van der Waals surface area contributed by atoms with Crippen molar-refractivity contribution < 1.29 is 17.9 Å². The summed E-state index contributed by atoms with van der Waals surface area (Å²) in [6.45, 7) is 0. The second-order valence-corrected chi connectivity index (χ2v) is 6.72. The van der Waals surface area contributed by atoms with Gasteiger partial charge in [-0.15, -0.1) is 0 Å². The Morgan fingerprint density at radius 2 is 2.00 bits per heavy atom. The monoisotopic (exact) mass is 307 g/mol. The van der Waals surface area contributed by atoms with Gasteiger partial charge in [0.05, 0.1) is 11.1 Å². The molecule has 0 spiro atoms. The molecule has 4 nitrogen and oxygen atoms in total. The minimum absolute atomic E-state index is 0.243. The molecule has 2 rings (SSSR count). The van der Waals surface area contributed by atoms with Gasteiger partial charge in [-0.2, -0.15) is 0 Å². The molecule has 0 amide bonds. The maximum absolute atomic E-state index is 13.7. The SMILES string of the molecule is O=S(=O)(N[C@H]1CCCC[C@@H]1O)c1cccc(Cl)c1F. The van der Waals surface area contributed by atoms with Crippen LogP contribution in [0.5, 0.6) is 0 Å². The van der Waals surface area contributed by atoms with Gasteiger partial charge in [-0.3, -0.25) is 0 Å². The van der Waals surface area contributed by atoms with Crippen LogP contribution in [0.25, 0.3) is 0 Å². The quantitative estimate of drug-likeness (QED) is 0.898. The van der Waals surface area contributed by atoms with Gasteiger partial charge in [-0.05, 0) is 25.0 Å². The maximum atomic E-state index is 13.7. The van der Waals surface area contributed by atoms with E-state index in [0.717, 1.165) is 18.9 Å². The summed E-state index contributed by atoms with van der Waals surface area (Å²) in [6.07, 6.45) is 2.06. The minimum atomic E-state index is -4.02. The zero-order chi connectivity index (χ0) is 14.0. The molecule has 7 heteroatoms. The topological polar surface area (TPSA) is 66.4 Å². The summed E-state index contributed by atoms with van der Waals surface area (Å²) in [5.74, 6) is -0.970. The number of benzene rings is 1. The predicted octanol–water partition coefficient (Wildman–Crippen LogP) is 2.06. The second kappa shape index (κ2) is 5.75. The van der Waals surface area contributed by atoms with Crippen molar-refractivity contribution in [1.29, 1.82) is 0 Å². The fourth-order valence-electron chi connectivity index (χ4n) is 2.20. The van der Waals surface area contributed by atoms with Gasteiger partial charge in [-0.1, -0.05) is 30.5 Å². The largest absolute Gasteiger partial charge is 0.391 e. The van der Waals surface area contributed by atoms with Crippen molar-refractivity contribution in [3.8, 4) is 0 Å². The first-order chi connectivity index (χ1) is 8.92. The fraction of sp³-hybridized carbons (Fsp3) is 0.500. The van der Waals surface area contributed by atoms with E-state index in [1.165, 1.54) is 12.1 Å². The molecule has 1 aromatic carbocycles. The summed E-state index contributed by atoms with van der Waals surface area (Å²) < 4.78 is 40.3. The van der Waals surface area contributed by atoms with Gasteiger partial charge in [-0.25, -0.2) is 17.5 Å². The summed E-state index contributed by atoms with van der Waals surface area (Å²) in [5, 5.41) is 9.51. The van der Waals surface area contributed by atoms with Crippen molar-refractivity contribution in [3.05, 3.63) is 29.0 Å². The molecule has 106 valence electrons. The molecule has 1 saturated carbocycles. The van der Waals surface area contributed by atoms with Crippen LogP contribution < -0.4 is 4.72 Å². The lowest BCUT2D eigenvalue weighted by molar-refractivity contribution is 0.101. The van der Waals surface area contributed by atoms with Gasteiger partial charge in [0.1, 0.15) is 4.90 Å². The molecule has 2 N–H and O–H groups in total. The van der Waals surface area contributed by atoms with E-state index < -0.39 is 32.9 Å². The number of aliphatic hydroxyl groups excluding tert-OH is 1. The smallest absolute Gasteiger partial charge is 0.243 e. The molecule has 0 bridgehead atoms. The Kier molecular flexibility index (Phi) is 4.45. The van der Waals surface area contributed by atoms with E-state index in [0.29, 0.717) is 12.8 Å². The molecule has 19 heavy (non-hydrogen) atoms. The molecule has 1 aliphatic carbocycles. The lowest BCUT2D eigenvalue weighted by Gasteiger charge is -2.28. The van der Waals surface area contributed by atoms with E-state index >= 15 is 0 Å². The molecular formula is C12H15ClFNO3S. The van der Waals surface area contributed by atoms with Crippen LogP contribution in [0.3, 0.4) is 0 Å². The molecule has 0 heterocycles. The van der Waals surface area contributed by atoms with Crippen molar-refractivity contribution >= 4 is 21.6 Å². The summed E-state index contributed by atoms with van der Waals surface area (Å²) in [7, 11) is -4.02. The fourth-order valence-corrected chi connectivity index (χ4v) is 3.84. The van der Waals surface area contributed by atoms with Crippen molar-refractivity contribution in [2.45, 2.75) is 42.7 Å². The van der Waals surface area contributed by atoms with Gasteiger partial charge in [0, 0.05) is 6.04 Å². The lowest BCUT2D eigenvalue weighted by atomic mass is 9.93. The number of hydrogen-bond donors (Lipinski definition) is 2. The molecule has 1 aliphatic rings. The van der Waals surface area contributed by atoms with Crippen LogP contribution in [-0.2, 0) is 10.0 Å². The number of rotatable bonds is 3. The van der Waals surface area contributed by atoms with Gasteiger partial charge in [0.15, 0.2) is 5.82 Å². The Labute approximate surface area is 116 Å². The Hall–Kier alpha value is -0.690. The van der Waals surface area contributed by atoms with Crippen molar-refractivity contribution in [1.82, 2.24) is 4.72 Å². The van der Waals surface area contributed by atoms with Crippen LogP contribution in [-0.4, -0.2) is 25.7 Å². The Bertz CT molecular complexity index is 564. The van der Waals surface area contributed by atoms with Gasteiger partial charge >= 0.3 is 0 Å². The van der Waals surface area contributed by atoms with E-state index in [2.05, 4.69) is 4.72 Å². The number of hydrogen-bond acceptors (Lipinski definition) is 3. The average Bonchev–Trinajstić information content (AvgIpc) is 2.35. The van der Waals surface area contributed by atoms with E-state index in [4.69, 9.17) is 11.6 Å². The summed E-state index contributed by atoms with van der Waals surface area (Å²) in [4.78, 5) is -0.488. The normalized spacial score (nSPS) is 24.4. The third-order valence-electron chi connectivity index (χ3n) is 3.24. The first-order valence-corrected chi connectivity index (χ1v) is 7.92. The molecule has 0 aromatic heterocycles. The number of sulfonamides is 1. The predicted molar refractivity (Wildman–Crippen MR) is 70.0 cm³/mol. The second-order valence-electron chi connectivity index (χ2n) is 4.63. The molecular weight excluding hydrogens is 293 g/mol. The summed E-state index contributed by atoms with van der Waals surface area (Å²) in [5.41, 5.74) is 0. The van der Waals surface area contributed by atoms with Crippen molar-refractivity contribution in [2.24, 2.45) is 0 Å². The zero-order valence-corrected chi connectivity index (χ0v) is 11.7. The van der Waals surface area contributed by atoms with Crippen LogP contribution in [0.4, 0.5) is 4.39 Å². The molecule has 1 aromatic rings. The summed E-state index contributed by atoms with van der Waals surface area (Å²) in [6, 6.07) is 3.23. The van der Waals surface area contributed by atoms with E-state index in [-0.39, 0.29) is 5.02 Å².